The molecule has 1 fully saturated rings. The van der Waals surface area contributed by atoms with Crippen molar-refractivity contribution >= 4 is 0 Å². The van der Waals surface area contributed by atoms with Crippen molar-refractivity contribution in [2.45, 2.75) is 32.1 Å². The second-order valence-electron chi connectivity index (χ2n) is 5.66. The zero-order chi connectivity index (χ0) is 11.5. The van der Waals surface area contributed by atoms with Crippen LogP contribution in [0.1, 0.15) is 32.1 Å². The van der Waals surface area contributed by atoms with Gasteiger partial charge in [-0.15, -0.1) is 0 Å². The first-order chi connectivity index (χ1) is 8.43. The maximum atomic E-state index is 2.51. The van der Waals surface area contributed by atoms with Crippen LogP contribution in [-0.4, -0.2) is 0 Å². The molecule has 4 atom stereocenters. The zero-order valence-corrected chi connectivity index (χ0v) is 10.5. The minimum atomic E-state index is 0.646. The van der Waals surface area contributed by atoms with Crippen LogP contribution >= 0.6 is 0 Å². The van der Waals surface area contributed by atoms with Crippen LogP contribution in [0.2, 0.25) is 0 Å². The van der Waals surface area contributed by atoms with Gasteiger partial charge in [0, 0.05) is 5.92 Å². The fourth-order valence-corrected chi connectivity index (χ4v) is 3.49. The molecule has 0 aromatic rings. The van der Waals surface area contributed by atoms with Crippen molar-refractivity contribution in [1.82, 2.24) is 0 Å². The van der Waals surface area contributed by atoms with Gasteiger partial charge >= 0.3 is 0 Å². The van der Waals surface area contributed by atoms with Gasteiger partial charge in [-0.25, -0.2) is 0 Å². The van der Waals surface area contributed by atoms with Crippen LogP contribution in [0.15, 0.2) is 48.6 Å². The molecule has 3 rings (SSSR count). The minimum Gasteiger partial charge on any atom is -0.0879 e. The van der Waals surface area contributed by atoms with Crippen molar-refractivity contribution in [3.8, 4) is 0 Å². The molecule has 0 aromatic heterocycles. The van der Waals surface area contributed by atoms with Crippen LogP contribution < -0.4 is 0 Å². The van der Waals surface area contributed by atoms with Crippen LogP contribution in [0.5, 0.6) is 0 Å². The van der Waals surface area contributed by atoms with Gasteiger partial charge in [-0.3, -0.25) is 0 Å². The molecule has 90 valence electrons. The van der Waals surface area contributed by atoms with Gasteiger partial charge in [0.25, 0.3) is 0 Å². The molecule has 0 N–H and O–H groups in total. The molecule has 0 spiro atoms. The summed E-state index contributed by atoms with van der Waals surface area (Å²) in [5.74, 6) is 2.96. The lowest BCUT2D eigenvalue weighted by Gasteiger charge is -2.23. The first-order valence-corrected chi connectivity index (χ1v) is 7.13. The molecule has 0 radical (unpaired) electrons. The first kappa shape index (κ1) is 11.1. The standard InChI is InChI=1S/C17H22/c1-2-8-15-10-5-11-17(15)13-12-16-9-4-3-7-14(16)6-1/h1-2,4,6,8-9,12-17H,3,5,7,10-11H2/b6-1+,8-2-,13-12+/t14-,15+,16+,17+/m0/s1. The molecule has 17 heavy (non-hydrogen) atoms. The van der Waals surface area contributed by atoms with Gasteiger partial charge in [0.1, 0.15) is 0 Å². The summed E-state index contributed by atoms with van der Waals surface area (Å²) in [5, 5.41) is 0. The van der Waals surface area contributed by atoms with Crippen molar-refractivity contribution in [3.05, 3.63) is 48.6 Å². The highest BCUT2D eigenvalue weighted by atomic mass is 14.3. The van der Waals surface area contributed by atoms with E-state index in [0.29, 0.717) is 5.92 Å². The molecule has 0 bridgehead atoms. The normalized spacial score (nSPS) is 45.6. The lowest BCUT2D eigenvalue weighted by atomic mass is 9.81. The van der Waals surface area contributed by atoms with Gasteiger partial charge in [0.2, 0.25) is 0 Å². The third-order valence-electron chi connectivity index (χ3n) is 4.55. The van der Waals surface area contributed by atoms with Crippen molar-refractivity contribution < 1.29 is 0 Å². The predicted molar refractivity (Wildman–Crippen MR) is 73.6 cm³/mol. The van der Waals surface area contributed by atoms with E-state index in [1.807, 2.05) is 0 Å². The van der Waals surface area contributed by atoms with E-state index in [1.54, 1.807) is 0 Å². The second kappa shape index (κ2) is 5.08. The highest BCUT2D eigenvalue weighted by molar-refractivity contribution is 5.18. The van der Waals surface area contributed by atoms with Gasteiger partial charge < -0.3 is 0 Å². The largest absolute Gasteiger partial charge is 0.0879 e. The number of fused-ring (bicyclic) bond motifs is 2. The summed E-state index contributed by atoms with van der Waals surface area (Å²) in [5.41, 5.74) is 0. The van der Waals surface area contributed by atoms with E-state index in [4.69, 9.17) is 0 Å². The maximum Gasteiger partial charge on any atom is 0.000969 e. The maximum absolute atomic E-state index is 2.51. The van der Waals surface area contributed by atoms with E-state index in [2.05, 4.69) is 48.6 Å². The van der Waals surface area contributed by atoms with Crippen molar-refractivity contribution in [2.75, 3.05) is 0 Å². The van der Waals surface area contributed by atoms with Crippen LogP contribution in [0.3, 0.4) is 0 Å². The molecule has 0 aromatic carbocycles. The minimum absolute atomic E-state index is 0.646. The second-order valence-corrected chi connectivity index (χ2v) is 5.66. The summed E-state index contributed by atoms with van der Waals surface area (Å²) in [7, 11) is 0. The molecule has 0 heteroatoms. The van der Waals surface area contributed by atoms with Crippen LogP contribution in [0, 0.1) is 23.7 Å². The van der Waals surface area contributed by atoms with Gasteiger partial charge in [-0.05, 0) is 43.4 Å². The van der Waals surface area contributed by atoms with Gasteiger partial charge in [0.05, 0.1) is 0 Å². The average Bonchev–Trinajstić information content (AvgIpc) is 2.81. The van der Waals surface area contributed by atoms with Crippen molar-refractivity contribution in [2.24, 2.45) is 23.7 Å². The van der Waals surface area contributed by atoms with Gasteiger partial charge in [-0.1, -0.05) is 55.0 Å². The van der Waals surface area contributed by atoms with Crippen LogP contribution in [0.25, 0.3) is 0 Å². The molecular weight excluding hydrogens is 204 g/mol. The zero-order valence-electron chi connectivity index (χ0n) is 10.5. The molecule has 0 nitrogen and oxygen atoms in total. The Morgan fingerprint density at radius 3 is 2.29 bits per heavy atom. The van der Waals surface area contributed by atoms with Gasteiger partial charge in [-0.2, -0.15) is 0 Å². The molecule has 3 aliphatic rings. The topological polar surface area (TPSA) is 0 Å². The highest BCUT2D eigenvalue weighted by Crippen LogP contribution is 2.36. The number of allylic oxidation sites excluding steroid dienone is 8. The Kier molecular flexibility index (Phi) is 3.31. The molecule has 1 saturated carbocycles. The lowest BCUT2D eigenvalue weighted by Crippen LogP contribution is -2.13. The summed E-state index contributed by atoms with van der Waals surface area (Å²) in [4.78, 5) is 0. The monoisotopic (exact) mass is 226 g/mol. The number of hydrogen-bond donors (Lipinski definition) is 0. The van der Waals surface area contributed by atoms with Crippen LogP contribution in [0.4, 0.5) is 0 Å². The summed E-state index contributed by atoms with van der Waals surface area (Å²) in [6.07, 6.45) is 25.9. The Balaban J connectivity index is 1.86. The Bertz CT molecular complexity index is 369. The van der Waals surface area contributed by atoms with E-state index in [9.17, 15) is 0 Å². The third kappa shape index (κ3) is 2.46. The smallest absolute Gasteiger partial charge is 0.000969 e. The molecule has 0 aliphatic heterocycles. The SMILES string of the molecule is C1=C[C@@H]2/C=C/[C@H]3CCC[C@H]3/C=C\C=C\[C@H]2CC1. The molecule has 3 aliphatic carbocycles. The Morgan fingerprint density at radius 1 is 0.647 bits per heavy atom. The Labute approximate surface area is 105 Å². The summed E-state index contributed by atoms with van der Waals surface area (Å²) in [6.45, 7) is 0. The van der Waals surface area contributed by atoms with Crippen molar-refractivity contribution in [1.29, 1.82) is 0 Å². The summed E-state index contributed by atoms with van der Waals surface area (Å²) in [6, 6.07) is 0. The van der Waals surface area contributed by atoms with Gasteiger partial charge in [0.15, 0.2) is 0 Å². The molecule has 0 saturated heterocycles. The summed E-state index contributed by atoms with van der Waals surface area (Å²) >= 11 is 0. The number of hydrogen-bond acceptors (Lipinski definition) is 0. The Hall–Kier alpha value is -1.04. The molecule has 0 amide bonds. The fraction of sp³-hybridized carbons (Fsp3) is 0.529. The van der Waals surface area contributed by atoms with E-state index < -0.39 is 0 Å². The molecular formula is C17H22. The van der Waals surface area contributed by atoms with E-state index in [0.717, 1.165) is 17.8 Å². The highest BCUT2D eigenvalue weighted by Gasteiger charge is 2.24. The first-order valence-electron chi connectivity index (χ1n) is 7.13. The molecule has 0 heterocycles. The van der Waals surface area contributed by atoms with Crippen molar-refractivity contribution in [3.63, 3.8) is 0 Å². The predicted octanol–water partition coefficient (Wildman–Crippen LogP) is 4.67. The lowest BCUT2D eigenvalue weighted by molar-refractivity contribution is 0.486. The molecule has 0 unspecified atom stereocenters. The van der Waals surface area contributed by atoms with Crippen LogP contribution in [-0.2, 0) is 0 Å². The number of rotatable bonds is 0. The fourth-order valence-electron chi connectivity index (χ4n) is 3.49. The van der Waals surface area contributed by atoms with E-state index >= 15 is 0 Å². The third-order valence-corrected chi connectivity index (χ3v) is 4.55. The Morgan fingerprint density at radius 2 is 1.41 bits per heavy atom. The van der Waals surface area contributed by atoms with E-state index in [-0.39, 0.29) is 0 Å². The quantitative estimate of drug-likeness (QED) is 0.527. The summed E-state index contributed by atoms with van der Waals surface area (Å²) < 4.78 is 0. The average molecular weight is 226 g/mol. The van der Waals surface area contributed by atoms with E-state index in [1.165, 1.54) is 32.1 Å².